The monoisotopic (exact) mass is 363 g/mol. The van der Waals surface area contributed by atoms with E-state index in [1.807, 2.05) is 6.92 Å². The van der Waals surface area contributed by atoms with Crippen LogP contribution in [0.25, 0.3) is 0 Å². The molecule has 8 heteroatoms. The maximum absolute atomic E-state index is 13.6. The van der Waals surface area contributed by atoms with Gasteiger partial charge in [0.15, 0.2) is 5.11 Å². The lowest BCUT2D eigenvalue weighted by Gasteiger charge is -2.16. The van der Waals surface area contributed by atoms with Gasteiger partial charge in [-0.05, 0) is 37.3 Å². The van der Waals surface area contributed by atoms with E-state index in [9.17, 15) is 9.18 Å². The minimum absolute atomic E-state index is 0.0127. The van der Waals surface area contributed by atoms with E-state index in [1.54, 1.807) is 13.2 Å². The van der Waals surface area contributed by atoms with Crippen LogP contribution in [0, 0.1) is 5.82 Å². The van der Waals surface area contributed by atoms with Crippen LogP contribution in [0.3, 0.4) is 0 Å². The van der Waals surface area contributed by atoms with Gasteiger partial charge >= 0.3 is 0 Å². The Kier molecular flexibility index (Phi) is 6.83. The van der Waals surface area contributed by atoms with Gasteiger partial charge in [0.2, 0.25) is 0 Å². The van der Waals surface area contributed by atoms with Crippen LogP contribution in [0.15, 0.2) is 22.7 Å². The minimum atomic E-state index is -0.620. The molecule has 0 aliphatic rings. The summed E-state index contributed by atoms with van der Waals surface area (Å²) in [5.74, 6) is -1.23. The lowest BCUT2D eigenvalue weighted by Crippen LogP contribution is -2.50. The highest BCUT2D eigenvalue weighted by molar-refractivity contribution is 9.10. The number of benzene rings is 1. The number of rotatable bonds is 4. The van der Waals surface area contributed by atoms with Crippen LogP contribution >= 0.6 is 28.1 Å². The first kappa shape index (κ1) is 16.8. The third-order valence-electron chi connectivity index (χ3n) is 2.26. The maximum atomic E-state index is 13.6. The number of nitrogens with one attached hydrogen (secondary N) is 3. The van der Waals surface area contributed by atoms with Crippen molar-refractivity contribution in [1.82, 2.24) is 16.2 Å². The smallest absolute Gasteiger partial charge is 0.272 e. The van der Waals surface area contributed by atoms with Crippen molar-refractivity contribution < 1.29 is 13.9 Å². The summed E-state index contributed by atoms with van der Waals surface area (Å²) in [6.07, 6.45) is 0. The van der Waals surface area contributed by atoms with Crippen LogP contribution in [-0.2, 0) is 4.74 Å². The summed E-state index contributed by atoms with van der Waals surface area (Å²) in [4.78, 5) is 11.8. The van der Waals surface area contributed by atoms with Gasteiger partial charge in [-0.1, -0.05) is 15.9 Å². The van der Waals surface area contributed by atoms with Crippen molar-refractivity contribution >= 4 is 39.2 Å². The van der Waals surface area contributed by atoms with Gasteiger partial charge in [0.25, 0.3) is 5.91 Å². The standard InChI is InChI=1S/C12H15BrFN3O2S/c1-7(6-19-2)15-12(20)17-16-11(18)9-4-3-8(13)5-10(9)14/h3-5,7H,6H2,1-2H3,(H,16,18)(H2,15,17,20)/t7-/m0/s1. The summed E-state index contributed by atoms with van der Waals surface area (Å²) in [5.41, 5.74) is 4.74. The molecule has 1 aromatic rings. The highest BCUT2D eigenvalue weighted by Crippen LogP contribution is 2.14. The molecule has 0 saturated heterocycles. The largest absolute Gasteiger partial charge is 0.383 e. The van der Waals surface area contributed by atoms with Gasteiger partial charge < -0.3 is 10.1 Å². The Morgan fingerprint density at radius 3 is 2.80 bits per heavy atom. The quantitative estimate of drug-likeness (QED) is 0.561. The number of halogens is 2. The van der Waals surface area contributed by atoms with Crippen molar-refractivity contribution in [2.24, 2.45) is 0 Å². The van der Waals surface area contributed by atoms with E-state index < -0.39 is 11.7 Å². The molecule has 1 amide bonds. The number of thiocarbonyl (C=S) groups is 1. The number of amides is 1. The number of carbonyl (C=O) groups excluding carboxylic acids is 1. The summed E-state index contributed by atoms with van der Waals surface area (Å²) in [7, 11) is 1.58. The molecule has 0 saturated carbocycles. The average molecular weight is 364 g/mol. The fourth-order valence-electron chi connectivity index (χ4n) is 1.41. The molecule has 0 spiro atoms. The predicted octanol–water partition coefficient (Wildman–Crippen LogP) is 1.73. The fraction of sp³-hybridized carbons (Fsp3) is 0.333. The van der Waals surface area contributed by atoms with E-state index in [1.165, 1.54) is 12.1 Å². The molecule has 1 atom stereocenters. The van der Waals surface area contributed by atoms with Gasteiger partial charge in [0, 0.05) is 17.6 Å². The van der Waals surface area contributed by atoms with Gasteiger partial charge in [-0.25, -0.2) is 4.39 Å². The second-order valence-corrected chi connectivity index (χ2v) is 5.36. The lowest BCUT2D eigenvalue weighted by atomic mass is 10.2. The van der Waals surface area contributed by atoms with Crippen molar-refractivity contribution in [3.8, 4) is 0 Å². The molecule has 110 valence electrons. The summed E-state index contributed by atoms with van der Waals surface area (Å²) >= 11 is 8.09. The second kappa shape index (κ2) is 8.13. The number of hydrogen-bond donors (Lipinski definition) is 3. The number of methoxy groups -OCH3 is 1. The Hall–Kier alpha value is -1.25. The van der Waals surface area contributed by atoms with Gasteiger partial charge in [0.1, 0.15) is 5.82 Å². The van der Waals surface area contributed by atoms with E-state index in [4.69, 9.17) is 17.0 Å². The topological polar surface area (TPSA) is 62.4 Å². The molecule has 1 rings (SSSR count). The van der Waals surface area contributed by atoms with Crippen molar-refractivity contribution in [3.63, 3.8) is 0 Å². The fourth-order valence-corrected chi connectivity index (χ4v) is 1.99. The third kappa shape index (κ3) is 5.40. The van der Waals surface area contributed by atoms with E-state index in [0.29, 0.717) is 11.1 Å². The van der Waals surface area contributed by atoms with Crippen molar-refractivity contribution in [1.29, 1.82) is 0 Å². The second-order valence-electron chi connectivity index (χ2n) is 4.03. The van der Waals surface area contributed by atoms with E-state index in [-0.39, 0.29) is 16.7 Å². The molecule has 3 N–H and O–H groups in total. The molecular weight excluding hydrogens is 349 g/mol. The van der Waals surface area contributed by atoms with Crippen molar-refractivity contribution in [2.45, 2.75) is 13.0 Å². The summed E-state index contributed by atoms with van der Waals surface area (Å²) in [6, 6.07) is 4.16. The lowest BCUT2D eigenvalue weighted by molar-refractivity contribution is 0.0939. The van der Waals surface area contributed by atoms with Gasteiger partial charge in [0.05, 0.1) is 12.2 Å². The zero-order chi connectivity index (χ0) is 15.1. The van der Waals surface area contributed by atoms with Gasteiger partial charge in [-0.15, -0.1) is 0 Å². The molecule has 0 unspecified atom stereocenters. The molecule has 0 heterocycles. The Bertz CT molecular complexity index is 502. The Morgan fingerprint density at radius 1 is 1.50 bits per heavy atom. The third-order valence-corrected chi connectivity index (χ3v) is 2.97. The molecule has 0 aliphatic heterocycles. The SMILES string of the molecule is COC[C@H](C)NC(=S)NNC(=O)c1ccc(Br)cc1F. The normalized spacial score (nSPS) is 11.6. The van der Waals surface area contributed by atoms with Crippen LogP contribution in [0.1, 0.15) is 17.3 Å². The Balaban J connectivity index is 2.49. The van der Waals surface area contributed by atoms with Crippen LogP contribution < -0.4 is 16.2 Å². The zero-order valence-electron chi connectivity index (χ0n) is 11.0. The predicted molar refractivity (Wildman–Crippen MR) is 81.8 cm³/mol. The van der Waals surface area contributed by atoms with E-state index in [2.05, 4.69) is 32.1 Å². The Morgan fingerprint density at radius 2 is 2.20 bits per heavy atom. The summed E-state index contributed by atoms with van der Waals surface area (Å²) in [5, 5.41) is 3.11. The molecule has 0 fully saturated rings. The Labute approximate surface area is 130 Å². The number of hydrogen-bond acceptors (Lipinski definition) is 3. The molecular formula is C12H15BrFN3O2S. The molecule has 0 aromatic heterocycles. The number of hydrazine groups is 1. The highest BCUT2D eigenvalue weighted by atomic mass is 79.9. The molecule has 0 bridgehead atoms. The minimum Gasteiger partial charge on any atom is -0.383 e. The van der Waals surface area contributed by atoms with Crippen molar-refractivity contribution in [3.05, 3.63) is 34.1 Å². The summed E-state index contributed by atoms with van der Waals surface area (Å²) in [6.45, 7) is 2.34. The van der Waals surface area contributed by atoms with E-state index >= 15 is 0 Å². The van der Waals surface area contributed by atoms with Crippen molar-refractivity contribution in [2.75, 3.05) is 13.7 Å². The highest BCUT2D eigenvalue weighted by Gasteiger charge is 2.12. The summed E-state index contributed by atoms with van der Waals surface area (Å²) < 4.78 is 19.0. The molecule has 0 aliphatic carbocycles. The van der Waals surface area contributed by atoms with Crippen LogP contribution in [0.5, 0.6) is 0 Å². The van der Waals surface area contributed by atoms with Crippen LogP contribution in [0.2, 0.25) is 0 Å². The first-order valence-electron chi connectivity index (χ1n) is 5.75. The van der Waals surface area contributed by atoms with E-state index in [0.717, 1.165) is 0 Å². The molecule has 1 aromatic carbocycles. The van der Waals surface area contributed by atoms with Gasteiger partial charge in [-0.2, -0.15) is 0 Å². The zero-order valence-corrected chi connectivity index (χ0v) is 13.4. The molecule has 20 heavy (non-hydrogen) atoms. The molecule has 5 nitrogen and oxygen atoms in total. The van der Waals surface area contributed by atoms with Gasteiger partial charge in [-0.3, -0.25) is 15.6 Å². The number of carbonyl (C=O) groups is 1. The molecule has 0 radical (unpaired) electrons. The van der Waals surface area contributed by atoms with Crippen LogP contribution in [-0.4, -0.2) is 30.8 Å². The first-order chi connectivity index (χ1) is 9.43. The van der Waals surface area contributed by atoms with Crippen LogP contribution in [0.4, 0.5) is 4.39 Å². The average Bonchev–Trinajstić information content (AvgIpc) is 2.36. The number of ether oxygens (including phenoxy) is 1. The first-order valence-corrected chi connectivity index (χ1v) is 6.95. The maximum Gasteiger partial charge on any atom is 0.272 e.